The van der Waals surface area contributed by atoms with Crippen LogP contribution in [0.2, 0.25) is 0 Å². The SMILES string of the molecule is Cc1cc(NC(=O)CN(C)C(=O)c2cccc(C)c2C)no1. The van der Waals surface area contributed by atoms with Gasteiger partial charge in [-0.05, 0) is 38.0 Å². The van der Waals surface area contributed by atoms with Crippen LogP contribution < -0.4 is 5.32 Å². The van der Waals surface area contributed by atoms with Crippen molar-refractivity contribution in [3.8, 4) is 0 Å². The fraction of sp³-hybridized carbons (Fsp3) is 0.312. The molecule has 6 nitrogen and oxygen atoms in total. The van der Waals surface area contributed by atoms with E-state index in [9.17, 15) is 9.59 Å². The van der Waals surface area contributed by atoms with Crippen molar-refractivity contribution >= 4 is 17.6 Å². The average molecular weight is 301 g/mol. The minimum absolute atomic E-state index is 0.0574. The molecule has 1 aromatic carbocycles. The molecule has 0 aliphatic carbocycles. The Kier molecular flexibility index (Phi) is 4.60. The summed E-state index contributed by atoms with van der Waals surface area (Å²) >= 11 is 0. The molecule has 0 atom stereocenters. The first kappa shape index (κ1) is 15.8. The van der Waals surface area contributed by atoms with Gasteiger partial charge < -0.3 is 14.7 Å². The second-order valence-corrected chi connectivity index (χ2v) is 5.28. The van der Waals surface area contributed by atoms with Crippen LogP contribution in [0.15, 0.2) is 28.8 Å². The van der Waals surface area contributed by atoms with Gasteiger partial charge in [0.2, 0.25) is 5.91 Å². The van der Waals surface area contributed by atoms with Crippen LogP contribution in [0.3, 0.4) is 0 Å². The molecule has 0 fully saturated rings. The third kappa shape index (κ3) is 3.52. The quantitative estimate of drug-likeness (QED) is 0.940. The van der Waals surface area contributed by atoms with E-state index in [1.807, 2.05) is 26.0 Å². The van der Waals surface area contributed by atoms with Crippen molar-refractivity contribution in [3.63, 3.8) is 0 Å². The number of amides is 2. The Morgan fingerprint density at radius 3 is 2.64 bits per heavy atom. The molecule has 116 valence electrons. The van der Waals surface area contributed by atoms with Crippen LogP contribution >= 0.6 is 0 Å². The highest BCUT2D eigenvalue weighted by atomic mass is 16.5. The zero-order valence-electron chi connectivity index (χ0n) is 13.1. The van der Waals surface area contributed by atoms with E-state index in [1.54, 1.807) is 26.1 Å². The Balaban J connectivity index is 2.02. The Morgan fingerprint density at radius 2 is 2.00 bits per heavy atom. The normalized spacial score (nSPS) is 10.4. The van der Waals surface area contributed by atoms with E-state index < -0.39 is 0 Å². The number of carbonyl (C=O) groups excluding carboxylic acids is 2. The Labute approximate surface area is 129 Å². The molecule has 0 unspecified atom stereocenters. The van der Waals surface area contributed by atoms with Gasteiger partial charge in [0.05, 0.1) is 6.54 Å². The van der Waals surface area contributed by atoms with Crippen molar-refractivity contribution in [1.29, 1.82) is 0 Å². The molecule has 0 radical (unpaired) electrons. The van der Waals surface area contributed by atoms with Crippen molar-refractivity contribution in [1.82, 2.24) is 10.1 Å². The number of anilines is 1. The lowest BCUT2D eigenvalue weighted by Gasteiger charge is -2.18. The van der Waals surface area contributed by atoms with Crippen LogP contribution in [0.25, 0.3) is 0 Å². The van der Waals surface area contributed by atoms with Crippen molar-refractivity contribution < 1.29 is 14.1 Å². The van der Waals surface area contributed by atoms with Crippen LogP contribution in [0.5, 0.6) is 0 Å². The van der Waals surface area contributed by atoms with Crippen molar-refractivity contribution in [2.45, 2.75) is 20.8 Å². The van der Waals surface area contributed by atoms with Crippen LogP contribution in [0.4, 0.5) is 5.82 Å². The molecular weight excluding hydrogens is 282 g/mol. The molecule has 0 aliphatic heterocycles. The summed E-state index contributed by atoms with van der Waals surface area (Å²) in [4.78, 5) is 25.7. The number of hydrogen-bond acceptors (Lipinski definition) is 4. The van der Waals surface area contributed by atoms with Crippen LogP contribution in [0, 0.1) is 20.8 Å². The molecule has 0 aliphatic rings. The maximum Gasteiger partial charge on any atom is 0.254 e. The van der Waals surface area contributed by atoms with E-state index in [0.29, 0.717) is 17.1 Å². The zero-order valence-corrected chi connectivity index (χ0v) is 13.1. The predicted octanol–water partition coefficient (Wildman–Crippen LogP) is 2.31. The predicted molar refractivity (Wildman–Crippen MR) is 82.7 cm³/mol. The van der Waals surface area contributed by atoms with Gasteiger partial charge in [-0.2, -0.15) is 0 Å². The van der Waals surface area contributed by atoms with Gasteiger partial charge >= 0.3 is 0 Å². The Hall–Kier alpha value is -2.63. The number of aromatic nitrogens is 1. The number of benzene rings is 1. The summed E-state index contributed by atoms with van der Waals surface area (Å²) < 4.78 is 4.87. The molecule has 22 heavy (non-hydrogen) atoms. The van der Waals surface area contributed by atoms with Gasteiger partial charge in [-0.25, -0.2) is 0 Å². The fourth-order valence-electron chi connectivity index (χ4n) is 2.08. The molecule has 2 amide bonds. The van der Waals surface area contributed by atoms with Gasteiger partial charge in [-0.15, -0.1) is 0 Å². The average Bonchev–Trinajstić information content (AvgIpc) is 2.86. The van der Waals surface area contributed by atoms with Gasteiger partial charge in [0.25, 0.3) is 5.91 Å². The Morgan fingerprint density at radius 1 is 1.27 bits per heavy atom. The van der Waals surface area contributed by atoms with Crippen molar-refractivity contribution in [2.24, 2.45) is 0 Å². The summed E-state index contributed by atoms with van der Waals surface area (Å²) in [5, 5.41) is 6.27. The minimum Gasteiger partial charge on any atom is -0.360 e. The van der Waals surface area contributed by atoms with Gasteiger partial charge in [0, 0.05) is 18.7 Å². The number of nitrogens with one attached hydrogen (secondary N) is 1. The fourth-order valence-corrected chi connectivity index (χ4v) is 2.08. The molecule has 1 heterocycles. The summed E-state index contributed by atoms with van der Waals surface area (Å²) in [6.07, 6.45) is 0. The molecule has 0 saturated heterocycles. The van der Waals surface area contributed by atoms with Crippen molar-refractivity contribution in [3.05, 3.63) is 46.7 Å². The summed E-state index contributed by atoms with van der Waals surface area (Å²) in [6, 6.07) is 7.16. The number of carbonyl (C=O) groups is 2. The maximum absolute atomic E-state index is 12.4. The monoisotopic (exact) mass is 301 g/mol. The second-order valence-electron chi connectivity index (χ2n) is 5.28. The summed E-state index contributed by atoms with van der Waals surface area (Å²) in [5.74, 6) is 0.437. The lowest BCUT2D eigenvalue weighted by Crippen LogP contribution is -2.35. The van der Waals surface area contributed by atoms with Crippen molar-refractivity contribution in [2.75, 3.05) is 18.9 Å². The molecule has 0 spiro atoms. The molecule has 1 N–H and O–H groups in total. The number of rotatable bonds is 4. The Bertz CT molecular complexity index is 706. The first-order valence-electron chi connectivity index (χ1n) is 6.93. The summed E-state index contributed by atoms with van der Waals surface area (Å²) in [6.45, 7) is 5.53. The van der Waals surface area contributed by atoms with Crippen LogP contribution in [0.1, 0.15) is 27.2 Å². The maximum atomic E-state index is 12.4. The van der Waals surface area contributed by atoms with Crippen LogP contribution in [-0.2, 0) is 4.79 Å². The third-order valence-electron chi connectivity index (χ3n) is 3.46. The first-order chi connectivity index (χ1) is 10.4. The van der Waals surface area contributed by atoms with E-state index in [1.165, 1.54) is 4.90 Å². The van der Waals surface area contributed by atoms with E-state index in [-0.39, 0.29) is 18.4 Å². The highest BCUT2D eigenvalue weighted by Crippen LogP contribution is 2.14. The van der Waals surface area contributed by atoms with Crippen LogP contribution in [-0.4, -0.2) is 35.5 Å². The molecule has 6 heteroatoms. The summed E-state index contributed by atoms with van der Waals surface area (Å²) in [5.41, 5.74) is 2.57. The van der Waals surface area contributed by atoms with E-state index >= 15 is 0 Å². The highest BCUT2D eigenvalue weighted by molar-refractivity contribution is 5.99. The topological polar surface area (TPSA) is 75.4 Å². The third-order valence-corrected chi connectivity index (χ3v) is 3.46. The van der Waals surface area contributed by atoms with Gasteiger partial charge in [-0.3, -0.25) is 9.59 Å². The largest absolute Gasteiger partial charge is 0.360 e. The van der Waals surface area contributed by atoms with E-state index in [4.69, 9.17) is 4.52 Å². The molecule has 0 bridgehead atoms. The molecule has 2 aromatic rings. The summed E-state index contributed by atoms with van der Waals surface area (Å²) in [7, 11) is 1.59. The molecule has 0 saturated carbocycles. The zero-order chi connectivity index (χ0) is 16.3. The van der Waals surface area contributed by atoms with Gasteiger partial charge in [-0.1, -0.05) is 17.3 Å². The standard InChI is InChI=1S/C16H19N3O3/c1-10-6-5-7-13(12(10)3)16(21)19(4)9-15(20)17-14-8-11(2)22-18-14/h5-8H,9H2,1-4H3,(H,17,18,20). The molecule has 2 rings (SSSR count). The minimum atomic E-state index is -0.325. The highest BCUT2D eigenvalue weighted by Gasteiger charge is 2.18. The smallest absolute Gasteiger partial charge is 0.254 e. The lowest BCUT2D eigenvalue weighted by molar-refractivity contribution is -0.116. The number of hydrogen-bond donors (Lipinski definition) is 1. The molecular formula is C16H19N3O3. The van der Waals surface area contributed by atoms with E-state index in [0.717, 1.165) is 11.1 Å². The second kappa shape index (κ2) is 6.43. The number of likely N-dealkylation sites (N-methyl/N-ethyl adjacent to an activating group) is 1. The van der Waals surface area contributed by atoms with Gasteiger partial charge in [0.1, 0.15) is 5.76 Å². The van der Waals surface area contributed by atoms with Gasteiger partial charge in [0.15, 0.2) is 5.82 Å². The van der Waals surface area contributed by atoms with E-state index in [2.05, 4.69) is 10.5 Å². The number of nitrogens with zero attached hydrogens (tertiary/aromatic N) is 2. The lowest BCUT2D eigenvalue weighted by atomic mass is 10.0. The molecule has 1 aromatic heterocycles. The number of aryl methyl sites for hydroxylation is 2. The first-order valence-corrected chi connectivity index (χ1v) is 6.93.